The molecule has 1 aliphatic heterocycles. The monoisotopic (exact) mass is 767 g/mol. The number of rotatable bonds is 18. The van der Waals surface area contributed by atoms with Crippen molar-refractivity contribution in [2.24, 2.45) is 0 Å². The number of nitrogens with one attached hydrogen (secondary N) is 1. The standard InChI is InChI=1S/C37H42Cl2F3N3O5S/c1-47-18-19-49-22-23-50-21-20-48-17-16-45-34-11-6-28(36(26-2-7-29(38)8-3-26)27-4-9-30(39)10-5-27)24-32(34)33(25-35(45)46)43-31-12-14-44(15-13-31)51-37(40,41)42/h2-11,24-25,31,36,43H,12-23H2,1H3. The van der Waals surface area contributed by atoms with Gasteiger partial charge < -0.3 is 28.8 Å². The first-order valence-corrected chi connectivity index (χ1v) is 18.3. The summed E-state index contributed by atoms with van der Waals surface area (Å²) >= 11 is 12.4. The number of methoxy groups -OCH3 is 1. The Labute approximate surface area is 310 Å². The third-order valence-corrected chi connectivity index (χ3v) is 9.89. The van der Waals surface area contributed by atoms with Crippen molar-refractivity contribution in [2.75, 3.05) is 71.8 Å². The molecule has 14 heteroatoms. The minimum Gasteiger partial charge on any atom is -0.382 e. The Morgan fingerprint density at radius 1 is 0.784 bits per heavy atom. The van der Waals surface area contributed by atoms with E-state index in [-0.39, 0.29) is 42.6 Å². The van der Waals surface area contributed by atoms with Crippen LogP contribution in [0.5, 0.6) is 0 Å². The fourth-order valence-electron chi connectivity index (χ4n) is 6.12. The van der Waals surface area contributed by atoms with Crippen molar-refractivity contribution in [3.8, 4) is 0 Å². The van der Waals surface area contributed by atoms with Crippen LogP contribution in [-0.4, -0.2) is 86.9 Å². The first-order valence-electron chi connectivity index (χ1n) is 16.8. The van der Waals surface area contributed by atoms with Gasteiger partial charge in [-0.05, 0) is 65.9 Å². The van der Waals surface area contributed by atoms with Crippen molar-refractivity contribution < 1.29 is 32.1 Å². The van der Waals surface area contributed by atoms with E-state index >= 15 is 0 Å². The van der Waals surface area contributed by atoms with E-state index in [0.717, 1.165) is 27.6 Å². The predicted octanol–water partition coefficient (Wildman–Crippen LogP) is 8.23. The number of alkyl halides is 3. The first kappa shape index (κ1) is 39.4. The topological polar surface area (TPSA) is 74.2 Å². The number of fused-ring (bicyclic) bond motifs is 1. The van der Waals surface area contributed by atoms with Crippen LogP contribution in [0.25, 0.3) is 10.9 Å². The van der Waals surface area contributed by atoms with Gasteiger partial charge in [-0.2, -0.15) is 13.2 Å². The van der Waals surface area contributed by atoms with Gasteiger partial charge in [0.15, 0.2) is 0 Å². The summed E-state index contributed by atoms with van der Waals surface area (Å²) < 4.78 is 63.7. The van der Waals surface area contributed by atoms with Gasteiger partial charge >= 0.3 is 5.51 Å². The number of hydrogen-bond acceptors (Lipinski definition) is 8. The maximum atomic E-state index is 13.6. The number of aromatic nitrogens is 1. The molecule has 0 radical (unpaired) electrons. The van der Waals surface area contributed by atoms with E-state index in [1.807, 2.05) is 60.7 Å². The Balaban J connectivity index is 1.39. The van der Waals surface area contributed by atoms with E-state index in [1.54, 1.807) is 17.7 Å². The molecule has 1 N–H and O–H groups in total. The quantitative estimate of drug-likeness (QED) is 0.0617. The maximum absolute atomic E-state index is 13.6. The summed E-state index contributed by atoms with van der Waals surface area (Å²) in [6.45, 7) is 3.89. The SMILES string of the molecule is COCCOCCOCCOCCn1c(=O)cc(NC2CCN(SC(F)(F)F)CC2)c2cc(C(c3ccc(Cl)cc3)c3ccc(Cl)cc3)ccc21. The molecular weight excluding hydrogens is 726 g/mol. The Morgan fingerprint density at radius 3 is 1.86 bits per heavy atom. The van der Waals surface area contributed by atoms with Crippen molar-refractivity contribution in [2.45, 2.75) is 36.9 Å². The highest BCUT2D eigenvalue weighted by atomic mass is 35.5. The molecular formula is C37H42Cl2F3N3O5S. The van der Waals surface area contributed by atoms with Gasteiger partial charge in [0, 0.05) is 77.8 Å². The van der Waals surface area contributed by atoms with E-state index in [1.165, 1.54) is 4.31 Å². The fraction of sp³-hybridized carbons (Fsp3) is 0.432. The molecule has 0 spiro atoms. The number of benzene rings is 3. The van der Waals surface area contributed by atoms with Crippen LogP contribution in [0.2, 0.25) is 10.0 Å². The highest BCUT2D eigenvalue weighted by molar-refractivity contribution is 7.97. The van der Waals surface area contributed by atoms with E-state index in [0.29, 0.717) is 81.4 Å². The lowest BCUT2D eigenvalue weighted by atomic mass is 9.84. The van der Waals surface area contributed by atoms with Crippen LogP contribution in [0.15, 0.2) is 77.6 Å². The van der Waals surface area contributed by atoms with Crippen LogP contribution < -0.4 is 10.9 Å². The molecule has 0 unspecified atom stereocenters. The summed E-state index contributed by atoms with van der Waals surface area (Å²) in [4.78, 5) is 13.6. The third-order valence-electron chi connectivity index (χ3n) is 8.56. The summed E-state index contributed by atoms with van der Waals surface area (Å²) in [7, 11) is 1.62. The molecule has 5 rings (SSSR count). The molecule has 2 heterocycles. The predicted molar refractivity (Wildman–Crippen MR) is 198 cm³/mol. The van der Waals surface area contributed by atoms with Crippen LogP contribution >= 0.6 is 35.1 Å². The van der Waals surface area contributed by atoms with Gasteiger partial charge in [0.25, 0.3) is 5.56 Å². The van der Waals surface area contributed by atoms with E-state index < -0.39 is 5.51 Å². The van der Waals surface area contributed by atoms with Crippen molar-refractivity contribution in [1.82, 2.24) is 8.87 Å². The molecule has 1 fully saturated rings. The van der Waals surface area contributed by atoms with Crippen molar-refractivity contribution >= 4 is 51.7 Å². The largest absolute Gasteiger partial charge is 0.456 e. The second-order valence-electron chi connectivity index (χ2n) is 12.1. The van der Waals surface area contributed by atoms with Crippen LogP contribution in [0.4, 0.5) is 18.9 Å². The Morgan fingerprint density at radius 2 is 1.31 bits per heavy atom. The van der Waals surface area contributed by atoms with E-state index in [9.17, 15) is 18.0 Å². The van der Waals surface area contributed by atoms with Gasteiger partial charge in [0.2, 0.25) is 0 Å². The third kappa shape index (κ3) is 11.8. The summed E-state index contributed by atoms with van der Waals surface area (Å²) in [5, 5.41) is 5.60. The van der Waals surface area contributed by atoms with Crippen LogP contribution in [0.1, 0.15) is 35.4 Å². The molecule has 4 aromatic rings. The normalized spacial score (nSPS) is 14.5. The fourth-order valence-corrected chi connectivity index (χ4v) is 7.06. The average molecular weight is 769 g/mol. The number of anilines is 1. The molecule has 0 saturated carbocycles. The minimum absolute atomic E-state index is 0.0800. The average Bonchev–Trinajstić information content (AvgIpc) is 3.10. The minimum atomic E-state index is -4.32. The molecule has 0 atom stereocenters. The lowest BCUT2D eigenvalue weighted by molar-refractivity contribution is -0.0366. The highest BCUT2D eigenvalue weighted by Gasteiger charge is 2.34. The van der Waals surface area contributed by atoms with Gasteiger partial charge in [0.05, 0.1) is 51.8 Å². The molecule has 1 saturated heterocycles. The number of hydrogen-bond donors (Lipinski definition) is 1. The smallest absolute Gasteiger partial charge is 0.382 e. The number of ether oxygens (including phenoxy) is 4. The molecule has 1 aromatic heterocycles. The lowest BCUT2D eigenvalue weighted by Gasteiger charge is -2.32. The number of halogens is 5. The van der Waals surface area contributed by atoms with Crippen molar-refractivity contribution in [1.29, 1.82) is 0 Å². The Bertz CT molecular complexity index is 1690. The lowest BCUT2D eigenvalue weighted by Crippen LogP contribution is -2.37. The van der Waals surface area contributed by atoms with Crippen LogP contribution in [0.3, 0.4) is 0 Å². The molecule has 0 aliphatic carbocycles. The molecule has 3 aromatic carbocycles. The summed E-state index contributed by atoms with van der Waals surface area (Å²) in [6, 6.07) is 22.9. The maximum Gasteiger partial charge on any atom is 0.456 e. The van der Waals surface area contributed by atoms with Gasteiger partial charge in [-0.1, -0.05) is 53.5 Å². The molecule has 51 heavy (non-hydrogen) atoms. The van der Waals surface area contributed by atoms with Gasteiger partial charge in [-0.15, -0.1) is 0 Å². The molecule has 276 valence electrons. The van der Waals surface area contributed by atoms with Crippen molar-refractivity contribution in [3.05, 3.63) is 110 Å². The van der Waals surface area contributed by atoms with E-state index in [4.69, 9.17) is 42.1 Å². The zero-order valence-corrected chi connectivity index (χ0v) is 30.6. The second-order valence-corrected chi connectivity index (χ2v) is 14.1. The Hall–Kier alpha value is -2.81. The van der Waals surface area contributed by atoms with Crippen LogP contribution in [-0.2, 0) is 25.5 Å². The Kier molecular flexibility index (Phi) is 14.9. The number of pyridine rings is 1. The summed E-state index contributed by atoms with van der Waals surface area (Å²) in [5.41, 5.74) is -0.135. The first-order chi connectivity index (χ1) is 24.6. The molecule has 0 amide bonds. The van der Waals surface area contributed by atoms with Gasteiger partial charge in [-0.3, -0.25) is 4.79 Å². The van der Waals surface area contributed by atoms with Crippen molar-refractivity contribution in [3.63, 3.8) is 0 Å². The van der Waals surface area contributed by atoms with E-state index in [2.05, 4.69) is 11.4 Å². The summed E-state index contributed by atoms with van der Waals surface area (Å²) in [5.74, 6) is -0.173. The molecule has 0 bridgehead atoms. The summed E-state index contributed by atoms with van der Waals surface area (Å²) in [6.07, 6.45) is 1.00. The highest BCUT2D eigenvalue weighted by Crippen LogP contribution is 2.38. The zero-order valence-electron chi connectivity index (χ0n) is 28.3. The second kappa shape index (κ2) is 19.3. The number of piperidine rings is 1. The number of nitrogens with zero attached hydrogens (tertiary/aromatic N) is 2. The molecule has 8 nitrogen and oxygen atoms in total. The zero-order chi connectivity index (χ0) is 36.2. The molecule has 1 aliphatic rings. The van der Waals surface area contributed by atoms with Gasteiger partial charge in [-0.25, -0.2) is 4.31 Å². The van der Waals surface area contributed by atoms with Crippen LogP contribution in [0, 0.1) is 0 Å². The van der Waals surface area contributed by atoms with Gasteiger partial charge in [0.1, 0.15) is 0 Å².